The molecule has 1 fully saturated rings. The van der Waals surface area contributed by atoms with Gasteiger partial charge < -0.3 is 15.1 Å². The largest absolute Gasteiger partial charge is 0.481 e. The van der Waals surface area contributed by atoms with Crippen molar-refractivity contribution in [2.45, 2.75) is 125 Å². The summed E-state index contributed by atoms with van der Waals surface area (Å²) in [5.41, 5.74) is -1.26. The number of carbonyl (C=O) groups excluding carboxylic acids is 1. The summed E-state index contributed by atoms with van der Waals surface area (Å²) in [6, 6.07) is 1.85. The van der Waals surface area contributed by atoms with E-state index >= 15 is 0 Å². The molecule has 2 aliphatic rings. The number of aliphatic carboxylic acids is 1. The molecule has 3 N–H and O–H groups in total. The van der Waals surface area contributed by atoms with Crippen LogP contribution in [0.4, 0.5) is 17.6 Å². The summed E-state index contributed by atoms with van der Waals surface area (Å²) >= 11 is 0. The molecule has 1 aromatic rings. The van der Waals surface area contributed by atoms with E-state index in [-0.39, 0.29) is 30.5 Å². The van der Waals surface area contributed by atoms with Crippen molar-refractivity contribution in [1.29, 1.82) is 0 Å². The summed E-state index contributed by atoms with van der Waals surface area (Å²) in [5, 5.41) is 18.5. The zero-order valence-electron chi connectivity index (χ0n) is 31.5. The fourth-order valence-electron chi connectivity index (χ4n) is 5.17. The number of aliphatic hydroxyl groups is 1. The monoisotopic (exact) mass is 711 g/mol. The van der Waals surface area contributed by atoms with E-state index in [4.69, 9.17) is 15.2 Å². The Morgan fingerprint density at radius 2 is 1.68 bits per heavy atom. The Hall–Kier alpha value is -3.31. The van der Waals surface area contributed by atoms with Crippen molar-refractivity contribution in [2.24, 2.45) is 22.7 Å². The SMILES string of the molecule is C=C/C(C)=C\C=C\C(C)N1C(=O)C(c2cc(F)cc(C(F)(F)F)c2)=NC12CCC(C(C)C)CC2.CCC.CCC(C)C.O=C(O)CCNCO. The van der Waals surface area contributed by atoms with Crippen molar-refractivity contribution in [2.75, 3.05) is 13.3 Å². The average molecular weight is 712 g/mol. The number of carbonyl (C=O) groups is 2. The van der Waals surface area contributed by atoms with Crippen LogP contribution in [-0.4, -0.2) is 57.7 Å². The van der Waals surface area contributed by atoms with Crippen molar-refractivity contribution in [1.82, 2.24) is 10.2 Å². The number of nitrogens with zero attached hydrogens (tertiary/aromatic N) is 2. The highest BCUT2D eigenvalue weighted by Gasteiger charge is 2.50. The zero-order valence-corrected chi connectivity index (χ0v) is 31.5. The highest BCUT2D eigenvalue weighted by atomic mass is 19.4. The highest BCUT2D eigenvalue weighted by molar-refractivity contribution is 6.46. The summed E-state index contributed by atoms with van der Waals surface area (Å²) < 4.78 is 54.1. The van der Waals surface area contributed by atoms with Crippen LogP contribution in [0.2, 0.25) is 0 Å². The summed E-state index contributed by atoms with van der Waals surface area (Å²) in [6.07, 6.45) is 8.14. The van der Waals surface area contributed by atoms with Gasteiger partial charge in [0, 0.05) is 12.1 Å². The number of nitrogens with one attached hydrogen (secondary N) is 1. The number of benzene rings is 1. The van der Waals surface area contributed by atoms with Crippen LogP contribution in [0.25, 0.3) is 0 Å². The number of aliphatic imine (C=N–C) groups is 1. The van der Waals surface area contributed by atoms with Gasteiger partial charge in [-0.2, -0.15) is 13.2 Å². The third-order valence-corrected chi connectivity index (χ3v) is 8.38. The molecule has 1 spiro atoms. The minimum Gasteiger partial charge on any atom is -0.481 e. The minimum absolute atomic E-state index is 0.0561. The van der Waals surface area contributed by atoms with Crippen molar-refractivity contribution in [3.8, 4) is 0 Å². The Morgan fingerprint density at radius 3 is 2.12 bits per heavy atom. The molecular weight excluding hydrogens is 650 g/mol. The molecule has 1 aliphatic carbocycles. The van der Waals surface area contributed by atoms with E-state index in [0.29, 0.717) is 37.3 Å². The molecule has 0 aromatic heterocycles. The van der Waals surface area contributed by atoms with Gasteiger partial charge in [0.25, 0.3) is 5.91 Å². The first-order valence-electron chi connectivity index (χ1n) is 17.7. The first-order valence-corrected chi connectivity index (χ1v) is 17.7. The van der Waals surface area contributed by atoms with Gasteiger partial charge in [0.15, 0.2) is 0 Å². The summed E-state index contributed by atoms with van der Waals surface area (Å²) in [6.45, 7) is 22.9. The van der Waals surface area contributed by atoms with Crippen LogP contribution in [0.1, 0.15) is 118 Å². The molecule has 1 amide bonds. The van der Waals surface area contributed by atoms with Crippen LogP contribution in [0.3, 0.4) is 0 Å². The summed E-state index contributed by atoms with van der Waals surface area (Å²) in [5.74, 6) is -0.497. The third-order valence-electron chi connectivity index (χ3n) is 8.38. The van der Waals surface area contributed by atoms with Crippen molar-refractivity contribution in [3.05, 3.63) is 71.6 Å². The van der Waals surface area contributed by atoms with Gasteiger partial charge in [0.2, 0.25) is 0 Å². The number of carboxylic acids is 1. The lowest BCUT2D eigenvalue weighted by Crippen LogP contribution is -2.52. The maximum absolute atomic E-state index is 14.1. The lowest BCUT2D eigenvalue weighted by molar-refractivity contribution is -0.138. The standard InChI is InChI=1S/C27H32F4N2O.C5H12.C4H9NO3.C3H8/c1-6-18(4)8-7-9-19(5)33-25(34)24(21-14-22(27(29,30)31)16-23(28)15-21)32-26(33)12-10-20(11-13-26)17(2)3;1-4-5(2)3;6-3-5-2-1-4(7)8;1-3-2/h6-9,14-17,19-20H,1,10-13H2,2-5H3;5H,4H2,1-3H3;5-6H,1-3H2,(H,7,8);3H2,1-2H3/b9-7+,18-8-;;;. The number of alkyl halides is 3. The number of allylic oxidation sites excluding steroid dienone is 4. The van der Waals surface area contributed by atoms with Gasteiger partial charge in [-0.25, -0.2) is 4.39 Å². The maximum atomic E-state index is 14.1. The van der Waals surface area contributed by atoms with Gasteiger partial charge in [0.05, 0.1) is 24.8 Å². The Balaban J connectivity index is 0.00000125. The predicted molar refractivity (Wildman–Crippen MR) is 195 cm³/mol. The van der Waals surface area contributed by atoms with Crippen LogP contribution in [0.15, 0.2) is 59.6 Å². The minimum atomic E-state index is -4.73. The fraction of sp³-hybridized carbons (Fsp3) is 0.615. The number of aliphatic hydroxyl groups excluding tert-OH is 1. The number of hydrogen-bond donors (Lipinski definition) is 3. The lowest BCUT2D eigenvalue weighted by atomic mass is 9.76. The Morgan fingerprint density at radius 1 is 1.12 bits per heavy atom. The zero-order chi connectivity index (χ0) is 38.7. The van der Waals surface area contributed by atoms with Crippen molar-refractivity contribution < 1.29 is 37.4 Å². The molecule has 1 saturated carbocycles. The van der Waals surface area contributed by atoms with E-state index in [0.717, 1.165) is 36.5 Å². The van der Waals surface area contributed by atoms with Crippen molar-refractivity contribution >= 4 is 17.6 Å². The van der Waals surface area contributed by atoms with Crippen LogP contribution >= 0.6 is 0 Å². The maximum Gasteiger partial charge on any atom is 0.416 e. The predicted octanol–water partition coefficient (Wildman–Crippen LogP) is 9.56. The molecule has 1 atom stereocenters. The molecule has 0 radical (unpaired) electrons. The van der Waals surface area contributed by atoms with E-state index in [1.165, 1.54) is 12.8 Å². The second-order valence-electron chi connectivity index (χ2n) is 13.5. The van der Waals surface area contributed by atoms with E-state index in [9.17, 15) is 27.2 Å². The van der Waals surface area contributed by atoms with Gasteiger partial charge in [-0.05, 0) is 75.5 Å². The summed E-state index contributed by atoms with van der Waals surface area (Å²) in [4.78, 5) is 29.8. The van der Waals surface area contributed by atoms with E-state index in [2.05, 4.69) is 60.4 Å². The van der Waals surface area contributed by atoms with Crippen LogP contribution in [0, 0.1) is 23.6 Å². The Labute approximate surface area is 297 Å². The molecule has 11 heteroatoms. The molecule has 1 unspecified atom stereocenters. The van der Waals surface area contributed by atoms with Crippen LogP contribution in [-0.2, 0) is 15.8 Å². The normalized spacial score (nSPS) is 19.7. The Bertz CT molecular complexity index is 1280. The smallest absolute Gasteiger partial charge is 0.416 e. The highest BCUT2D eigenvalue weighted by Crippen LogP contribution is 2.45. The molecule has 3 rings (SSSR count). The number of rotatable bonds is 11. The van der Waals surface area contributed by atoms with E-state index in [1.54, 1.807) is 11.0 Å². The van der Waals surface area contributed by atoms with Crippen molar-refractivity contribution in [3.63, 3.8) is 0 Å². The van der Waals surface area contributed by atoms with Gasteiger partial charge in [-0.1, -0.05) is 97.8 Å². The molecule has 1 aliphatic heterocycles. The molecular formula is C39H61F4N3O4. The van der Waals surface area contributed by atoms with Gasteiger partial charge in [0.1, 0.15) is 17.2 Å². The summed E-state index contributed by atoms with van der Waals surface area (Å²) in [7, 11) is 0. The second kappa shape index (κ2) is 23.2. The lowest BCUT2D eigenvalue weighted by Gasteiger charge is -2.44. The first kappa shape index (κ1) is 46.7. The third kappa shape index (κ3) is 16.1. The topological polar surface area (TPSA) is 102 Å². The first-order chi connectivity index (χ1) is 23.3. The number of hydrogen-bond acceptors (Lipinski definition) is 5. The van der Waals surface area contributed by atoms with Gasteiger partial charge >= 0.3 is 12.1 Å². The van der Waals surface area contributed by atoms with Gasteiger partial charge in [-0.15, -0.1) is 0 Å². The molecule has 284 valence electrons. The Kier molecular flexibility index (Phi) is 21.7. The molecule has 1 aromatic carbocycles. The molecule has 0 bridgehead atoms. The van der Waals surface area contributed by atoms with Crippen LogP contribution in [0.5, 0.6) is 0 Å². The molecule has 7 nitrogen and oxygen atoms in total. The average Bonchev–Trinajstić information content (AvgIpc) is 3.32. The van der Waals surface area contributed by atoms with E-state index < -0.39 is 35.1 Å². The molecule has 0 saturated heterocycles. The molecule has 50 heavy (non-hydrogen) atoms. The second-order valence-corrected chi connectivity index (χ2v) is 13.5. The number of halogens is 4. The number of amides is 1. The quantitative estimate of drug-likeness (QED) is 0.0919. The fourth-order valence-corrected chi connectivity index (χ4v) is 5.17. The van der Waals surface area contributed by atoms with Gasteiger partial charge in [-0.3, -0.25) is 19.9 Å². The van der Waals surface area contributed by atoms with Crippen LogP contribution < -0.4 is 5.32 Å². The molecule has 1 heterocycles. The van der Waals surface area contributed by atoms with E-state index in [1.807, 2.05) is 32.1 Å². The number of carboxylic acid groups (broad SMARTS) is 1.